The maximum Gasteiger partial charge on any atom is 0.233 e. The summed E-state index contributed by atoms with van der Waals surface area (Å²) in [6.07, 6.45) is 4.25. The SMILES string of the molecule is Cn1c(SCC(=O)N2CCC(Cc3ccccc3)CC2)nnc1-c1ccc(NS(C)(=O)=O)cc1. The van der Waals surface area contributed by atoms with E-state index in [-0.39, 0.29) is 5.91 Å². The molecular weight excluding hydrogens is 470 g/mol. The molecule has 34 heavy (non-hydrogen) atoms. The molecule has 1 N–H and O–H groups in total. The third kappa shape index (κ3) is 6.38. The quantitative estimate of drug-likeness (QED) is 0.477. The fraction of sp³-hybridized carbons (Fsp3) is 0.375. The number of thioether (sulfide) groups is 1. The monoisotopic (exact) mass is 499 g/mol. The number of carbonyl (C=O) groups excluding carboxylic acids is 1. The smallest absolute Gasteiger partial charge is 0.233 e. The zero-order valence-corrected chi connectivity index (χ0v) is 21.0. The van der Waals surface area contributed by atoms with Crippen LogP contribution in [0.1, 0.15) is 18.4 Å². The highest BCUT2D eigenvalue weighted by Gasteiger charge is 2.23. The molecule has 0 saturated carbocycles. The Hall–Kier alpha value is -2.85. The first-order chi connectivity index (χ1) is 16.3. The maximum atomic E-state index is 12.8. The van der Waals surface area contributed by atoms with Gasteiger partial charge in [0.25, 0.3) is 0 Å². The molecule has 0 unspecified atom stereocenters. The molecule has 0 radical (unpaired) electrons. The average Bonchev–Trinajstić information content (AvgIpc) is 3.18. The van der Waals surface area contributed by atoms with Crippen LogP contribution >= 0.6 is 11.8 Å². The van der Waals surface area contributed by atoms with Gasteiger partial charge in [-0.05, 0) is 55.0 Å². The van der Waals surface area contributed by atoms with Gasteiger partial charge in [-0.15, -0.1) is 10.2 Å². The van der Waals surface area contributed by atoms with Gasteiger partial charge in [-0.1, -0.05) is 42.1 Å². The molecular formula is C24H29N5O3S2. The Bertz CT molecular complexity index is 1220. The molecule has 0 aliphatic carbocycles. The van der Waals surface area contributed by atoms with Gasteiger partial charge >= 0.3 is 0 Å². The van der Waals surface area contributed by atoms with Gasteiger partial charge in [0.1, 0.15) is 0 Å². The number of amides is 1. The van der Waals surface area contributed by atoms with Crippen LogP contribution in [-0.2, 0) is 28.3 Å². The summed E-state index contributed by atoms with van der Waals surface area (Å²) in [5, 5.41) is 9.17. The van der Waals surface area contributed by atoms with E-state index in [1.165, 1.54) is 17.3 Å². The second-order valence-electron chi connectivity index (χ2n) is 8.62. The van der Waals surface area contributed by atoms with E-state index in [0.717, 1.165) is 44.2 Å². The average molecular weight is 500 g/mol. The Morgan fingerprint density at radius 2 is 1.74 bits per heavy atom. The lowest BCUT2D eigenvalue weighted by atomic mass is 9.90. The molecule has 10 heteroatoms. The number of carbonyl (C=O) groups is 1. The fourth-order valence-electron chi connectivity index (χ4n) is 4.14. The molecule has 8 nitrogen and oxygen atoms in total. The van der Waals surface area contributed by atoms with Crippen LogP contribution in [0, 0.1) is 5.92 Å². The highest BCUT2D eigenvalue weighted by atomic mass is 32.2. The molecule has 1 fully saturated rings. The van der Waals surface area contributed by atoms with Crippen LogP contribution in [0.2, 0.25) is 0 Å². The molecule has 180 valence electrons. The molecule has 2 heterocycles. The van der Waals surface area contributed by atoms with E-state index in [1.807, 2.05) is 22.6 Å². The largest absolute Gasteiger partial charge is 0.342 e. The summed E-state index contributed by atoms with van der Waals surface area (Å²) in [4.78, 5) is 14.7. The van der Waals surface area contributed by atoms with E-state index >= 15 is 0 Å². The van der Waals surface area contributed by atoms with Crippen LogP contribution in [0.5, 0.6) is 0 Å². The minimum atomic E-state index is -3.32. The van der Waals surface area contributed by atoms with Crippen molar-refractivity contribution in [2.75, 3.05) is 29.8 Å². The summed E-state index contributed by atoms with van der Waals surface area (Å²) in [7, 11) is -1.46. The van der Waals surface area contributed by atoms with Gasteiger partial charge in [-0.2, -0.15) is 0 Å². The number of aromatic nitrogens is 3. The van der Waals surface area contributed by atoms with E-state index < -0.39 is 10.0 Å². The summed E-state index contributed by atoms with van der Waals surface area (Å²) in [5.41, 5.74) is 2.66. The van der Waals surface area contributed by atoms with Crippen molar-refractivity contribution >= 4 is 33.4 Å². The van der Waals surface area contributed by atoms with Crippen LogP contribution in [0.4, 0.5) is 5.69 Å². The zero-order valence-electron chi connectivity index (χ0n) is 19.3. The van der Waals surface area contributed by atoms with Crippen molar-refractivity contribution in [3.8, 4) is 11.4 Å². The Labute approximate surface area is 204 Å². The molecule has 1 aliphatic rings. The number of rotatable bonds is 8. The second-order valence-corrected chi connectivity index (χ2v) is 11.3. The Morgan fingerprint density at radius 3 is 2.38 bits per heavy atom. The molecule has 2 aromatic carbocycles. The van der Waals surface area contributed by atoms with Crippen molar-refractivity contribution in [3.63, 3.8) is 0 Å². The summed E-state index contributed by atoms with van der Waals surface area (Å²) < 4.78 is 27.0. The molecule has 0 atom stereocenters. The zero-order chi connectivity index (χ0) is 24.1. The standard InChI is InChI=1S/C24H29N5O3S2/c1-28-23(20-8-10-21(11-9-20)27-34(2,31)32)25-26-24(28)33-17-22(30)29-14-12-19(13-15-29)16-18-6-4-3-5-7-18/h3-11,19,27H,12-17H2,1-2H3. The first kappa shape index (κ1) is 24.3. The van der Waals surface area contributed by atoms with Crippen molar-refractivity contribution in [3.05, 3.63) is 60.2 Å². The first-order valence-electron chi connectivity index (χ1n) is 11.2. The molecule has 0 spiro atoms. The van der Waals surface area contributed by atoms with Gasteiger partial charge in [0, 0.05) is 31.4 Å². The Morgan fingerprint density at radius 1 is 1.06 bits per heavy atom. The lowest BCUT2D eigenvalue weighted by Gasteiger charge is -2.32. The van der Waals surface area contributed by atoms with Crippen LogP contribution in [-0.4, -0.2) is 59.1 Å². The molecule has 3 aromatic rings. The lowest BCUT2D eigenvalue weighted by molar-refractivity contribution is -0.129. The number of likely N-dealkylation sites (tertiary alicyclic amines) is 1. The summed E-state index contributed by atoms with van der Waals surface area (Å²) in [6, 6.07) is 17.5. The third-order valence-corrected chi connectivity index (χ3v) is 7.55. The predicted octanol–water partition coefficient (Wildman–Crippen LogP) is 3.43. The van der Waals surface area contributed by atoms with E-state index in [0.29, 0.717) is 28.3 Å². The Balaban J connectivity index is 1.28. The van der Waals surface area contributed by atoms with Gasteiger partial charge in [0.05, 0.1) is 12.0 Å². The van der Waals surface area contributed by atoms with Gasteiger partial charge in [-0.3, -0.25) is 9.52 Å². The van der Waals surface area contributed by atoms with Crippen LogP contribution in [0.15, 0.2) is 59.8 Å². The normalized spacial score (nSPS) is 14.8. The molecule has 1 saturated heterocycles. The summed E-state index contributed by atoms with van der Waals surface area (Å²) >= 11 is 1.39. The fourth-order valence-corrected chi connectivity index (χ4v) is 5.52. The number of nitrogens with one attached hydrogen (secondary N) is 1. The highest BCUT2D eigenvalue weighted by molar-refractivity contribution is 7.99. The van der Waals surface area contributed by atoms with Crippen molar-refractivity contribution in [1.82, 2.24) is 19.7 Å². The number of hydrogen-bond acceptors (Lipinski definition) is 6. The van der Waals surface area contributed by atoms with Gasteiger partial charge < -0.3 is 9.47 Å². The molecule has 4 rings (SSSR count). The summed E-state index contributed by atoms with van der Waals surface area (Å²) in [5.74, 6) is 1.73. The van der Waals surface area contributed by atoms with Crippen molar-refractivity contribution < 1.29 is 13.2 Å². The molecule has 1 aromatic heterocycles. The number of piperidine rings is 1. The van der Waals surface area contributed by atoms with Crippen molar-refractivity contribution in [1.29, 1.82) is 0 Å². The second kappa shape index (κ2) is 10.6. The van der Waals surface area contributed by atoms with Gasteiger partial charge in [-0.25, -0.2) is 8.42 Å². The van der Waals surface area contributed by atoms with E-state index in [1.54, 1.807) is 24.3 Å². The number of sulfonamides is 1. The van der Waals surface area contributed by atoms with E-state index in [4.69, 9.17) is 0 Å². The molecule has 1 amide bonds. The van der Waals surface area contributed by atoms with Crippen molar-refractivity contribution in [2.45, 2.75) is 24.4 Å². The van der Waals surface area contributed by atoms with Gasteiger partial charge in [0.15, 0.2) is 11.0 Å². The minimum Gasteiger partial charge on any atom is -0.342 e. The number of nitrogens with zero attached hydrogens (tertiary/aromatic N) is 4. The topological polar surface area (TPSA) is 97.2 Å². The van der Waals surface area contributed by atoms with Crippen LogP contribution in [0.3, 0.4) is 0 Å². The van der Waals surface area contributed by atoms with E-state index in [2.05, 4.69) is 39.2 Å². The Kier molecular flexibility index (Phi) is 7.57. The molecule has 0 bridgehead atoms. The van der Waals surface area contributed by atoms with Crippen molar-refractivity contribution in [2.24, 2.45) is 13.0 Å². The maximum absolute atomic E-state index is 12.8. The number of anilines is 1. The third-order valence-electron chi connectivity index (χ3n) is 5.94. The van der Waals surface area contributed by atoms with Gasteiger partial charge in [0.2, 0.25) is 15.9 Å². The summed E-state index contributed by atoms with van der Waals surface area (Å²) in [6.45, 7) is 1.60. The van der Waals surface area contributed by atoms with E-state index in [9.17, 15) is 13.2 Å². The van der Waals surface area contributed by atoms with Crippen LogP contribution < -0.4 is 4.72 Å². The lowest BCUT2D eigenvalue weighted by Crippen LogP contribution is -2.39. The van der Waals surface area contributed by atoms with Crippen LogP contribution in [0.25, 0.3) is 11.4 Å². The number of benzene rings is 2. The number of hydrogen-bond donors (Lipinski definition) is 1. The first-order valence-corrected chi connectivity index (χ1v) is 14.1. The minimum absolute atomic E-state index is 0.129. The predicted molar refractivity (Wildman–Crippen MR) is 135 cm³/mol. The highest BCUT2D eigenvalue weighted by Crippen LogP contribution is 2.26. The molecule has 1 aliphatic heterocycles.